The van der Waals surface area contributed by atoms with E-state index in [0.29, 0.717) is 12.2 Å². The van der Waals surface area contributed by atoms with Crippen molar-refractivity contribution >= 4 is 17.2 Å². The molecule has 0 bridgehead atoms. The largest absolute Gasteiger partial charge is 0.345 e. The molecule has 2 heterocycles. The molecular weight excluding hydrogens is 224 g/mol. The van der Waals surface area contributed by atoms with Crippen molar-refractivity contribution in [3.63, 3.8) is 0 Å². The Kier molecular flexibility index (Phi) is 3.21. The Balaban J connectivity index is 1.93. The van der Waals surface area contributed by atoms with Crippen LogP contribution < -0.4 is 5.32 Å². The standard InChI is InChI=1S/C10H10N4OS/c1-7-2-12-8(3-11-7)4-13-10(15)9-5-16-6-14-9/h2-3,5-6H,4H2,1H3,(H,13,15). The van der Waals surface area contributed by atoms with E-state index in [1.54, 1.807) is 23.3 Å². The smallest absolute Gasteiger partial charge is 0.271 e. The van der Waals surface area contributed by atoms with Crippen molar-refractivity contribution in [1.82, 2.24) is 20.3 Å². The van der Waals surface area contributed by atoms with Crippen molar-refractivity contribution in [3.8, 4) is 0 Å². The maximum absolute atomic E-state index is 11.5. The number of thiazole rings is 1. The number of hydrogen-bond acceptors (Lipinski definition) is 5. The van der Waals surface area contributed by atoms with Crippen LogP contribution in [0, 0.1) is 6.92 Å². The van der Waals surface area contributed by atoms with Gasteiger partial charge in [-0.3, -0.25) is 14.8 Å². The van der Waals surface area contributed by atoms with E-state index in [2.05, 4.69) is 20.3 Å². The first-order valence-electron chi connectivity index (χ1n) is 4.69. The lowest BCUT2D eigenvalue weighted by atomic mass is 10.4. The minimum absolute atomic E-state index is 0.191. The monoisotopic (exact) mass is 234 g/mol. The molecule has 6 heteroatoms. The van der Waals surface area contributed by atoms with Crippen LogP contribution in [0.5, 0.6) is 0 Å². The molecule has 0 aliphatic heterocycles. The molecule has 0 aliphatic carbocycles. The summed E-state index contributed by atoms with van der Waals surface area (Å²) in [6.45, 7) is 2.23. The number of nitrogens with one attached hydrogen (secondary N) is 1. The fourth-order valence-corrected chi connectivity index (χ4v) is 1.63. The second-order valence-corrected chi connectivity index (χ2v) is 3.92. The topological polar surface area (TPSA) is 67.8 Å². The molecule has 0 saturated carbocycles. The third-order valence-corrected chi connectivity index (χ3v) is 2.52. The van der Waals surface area contributed by atoms with E-state index in [0.717, 1.165) is 11.4 Å². The number of carbonyl (C=O) groups excluding carboxylic acids is 1. The van der Waals surface area contributed by atoms with Gasteiger partial charge in [-0.05, 0) is 6.92 Å². The Morgan fingerprint density at radius 2 is 2.25 bits per heavy atom. The second kappa shape index (κ2) is 4.80. The van der Waals surface area contributed by atoms with Gasteiger partial charge in [-0.25, -0.2) is 4.98 Å². The zero-order valence-electron chi connectivity index (χ0n) is 8.67. The maximum atomic E-state index is 11.5. The van der Waals surface area contributed by atoms with Crippen LogP contribution in [0.25, 0.3) is 0 Å². The number of amides is 1. The molecule has 2 aromatic rings. The van der Waals surface area contributed by atoms with Gasteiger partial charge in [-0.15, -0.1) is 11.3 Å². The highest BCUT2D eigenvalue weighted by molar-refractivity contribution is 7.07. The van der Waals surface area contributed by atoms with Crippen molar-refractivity contribution in [3.05, 3.63) is 40.4 Å². The van der Waals surface area contributed by atoms with E-state index in [-0.39, 0.29) is 5.91 Å². The van der Waals surface area contributed by atoms with Crippen molar-refractivity contribution in [2.24, 2.45) is 0 Å². The molecule has 0 saturated heterocycles. The lowest BCUT2D eigenvalue weighted by molar-refractivity contribution is 0.0946. The summed E-state index contributed by atoms with van der Waals surface area (Å²) in [7, 11) is 0. The molecule has 1 N–H and O–H groups in total. The van der Waals surface area contributed by atoms with E-state index in [1.165, 1.54) is 11.3 Å². The summed E-state index contributed by atoms with van der Waals surface area (Å²) < 4.78 is 0. The molecule has 5 nitrogen and oxygen atoms in total. The van der Waals surface area contributed by atoms with Gasteiger partial charge in [-0.1, -0.05) is 0 Å². The maximum Gasteiger partial charge on any atom is 0.271 e. The number of nitrogens with zero attached hydrogens (tertiary/aromatic N) is 3. The van der Waals surface area contributed by atoms with Gasteiger partial charge >= 0.3 is 0 Å². The molecule has 2 rings (SSSR count). The third kappa shape index (κ3) is 2.60. The van der Waals surface area contributed by atoms with E-state index >= 15 is 0 Å². The van der Waals surface area contributed by atoms with Gasteiger partial charge in [0.05, 0.1) is 29.6 Å². The summed E-state index contributed by atoms with van der Waals surface area (Å²) in [6, 6.07) is 0. The van der Waals surface area contributed by atoms with Gasteiger partial charge < -0.3 is 5.32 Å². The van der Waals surface area contributed by atoms with Crippen LogP contribution in [0.4, 0.5) is 0 Å². The van der Waals surface area contributed by atoms with Crippen molar-refractivity contribution in [2.75, 3.05) is 0 Å². The lowest BCUT2D eigenvalue weighted by Gasteiger charge is -2.02. The van der Waals surface area contributed by atoms with Crippen LogP contribution in [0.15, 0.2) is 23.3 Å². The molecule has 0 aromatic carbocycles. The lowest BCUT2D eigenvalue weighted by Crippen LogP contribution is -2.23. The van der Waals surface area contributed by atoms with Crippen LogP contribution in [0.3, 0.4) is 0 Å². The van der Waals surface area contributed by atoms with Crippen LogP contribution >= 0.6 is 11.3 Å². The normalized spacial score (nSPS) is 10.1. The van der Waals surface area contributed by atoms with Crippen LogP contribution in [-0.2, 0) is 6.54 Å². The Hall–Kier alpha value is -1.82. The summed E-state index contributed by atoms with van der Waals surface area (Å²) in [6.07, 6.45) is 3.32. The van der Waals surface area contributed by atoms with Gasteiger partial charge in [0, 0.05) is 11.6 Å². The molecule has 0 fully saturated rings. The van der Waals surface area contributed by atoms with E-state index in [4.69, 9.17) is 0 Å². The van der Waals surface area contributed by atoms with E-state index in [1.807, 2.05) is 6.92 Å². The summed E-state index contributed by atoms with van der Waals surface area (Å²) in [4.78, 5) is 23.7. The fraction of sp³-hybridized carbons (Fsp3) is 0.200. The van der Waals surface area contributed by atoms with Gasteiger partial charge in [0.1, 0.15) is 5.69 Å². The van der Waals surface area contributed by atoms with Crippen LogP contribution in [0.1, 0.15) is 21.9 Å². The highest BCUT2D eigenvalue weighted by Crippen LogP contribution is 2.01. The summed E-state index contributed by atoms with van der Waals surface area (Å²) >= 11 is 1.39. The van der Waals surface area contributed by atoms with Gasteiger partial charge in [0.15, 0.2) is 0 Å². The fourth-order valence-electron chi connectivity index (χ4n) is 1.10. The number of aryl methyl sites for hydroxylation is 1. The molecule has 0 unspecified atom stereocenters. The average Bonchev–Trinajstić information content (AvgIpc) is 2.81. The molecule has 0 spiro atoms. The summed E-state index contributed by atoms with van der Waals surface area (Å²) in [5.41, 5.74) is 3.65. The zero-order valence-corrected chi connectivity index (χ0v) is 9.49. The Bertz CT molecular complexity index is 466. The molecule has 1 amide bonds. The predicted octanol–water partition coefficient (Wildman–Crippen LogP) is 1.17. The van der Waals surface area contributed by atoms with Crippen LogP contribution in [-0.4, -0.2) is 20.9 Å². The molecule has 0 radical (unpaired) electrons. The van der Waals surface area contributed by atoms with Crippen LogP contribution in [0.2, 0.25) is 0 Å². The Labute approximate surface area is 96.6 Å². The minimum atomic E-state index is -0.191. The number of carbonyl (C=O) groups is 1. The number of aromatic nitrogens is 3. The molecule has 16 heavy (non-hydrogen) atoms. The molecule has 0 aliphatic rings. The average molecular weight is 234 g/mol. The Morgan fingerprint density at radius 3 is 2.88 bits per heavy atom. The van der Waals surface area contributed by atoms with E-state index in [9.17, 15) is 4.79 Å². The van der Waals surface area contributed by atoms with E-state index < -0.39 is 0 Å². The summed E-state index contributed by atoms with van der Waals surface area (Å²) in [5, 5.41) is 4.43. The zero-order chi connectivity index (χ0) is 11.4. The second-order valence-electron chi connectivity index (χ2n) is 3.21. The molecule has 0 atom stereocenters. The molecular formula is C10H10N4OS. The van der Waals surface area contributed by atoms with Gasteiger partial charge in [0.25, 0.3) is 5.91 Å². The first-order valence-corrected chi connectivity index (χ1v) is 5.64. The third-order valence-electron chi connectivity index (χ3n) is 1.93. The minimum Gasteiger partial charge on any atom is -0.345 e. The van der Waals surface area contributed by atoms with Crippen molar-refractivity contribution in [2.45, 2.75) is 13.5 Å². The highest BCUT2D eigenvalue weighted by Gasteiger charge is 2.06. The van der Waals surface area contributed by atoms with Crippen molar-refractivity contribution < 1.29 is 4.79 Å². The van der Waals surface area contributed by atoms with Gasteiger partial charge in [-0.2, -0.15) is 0 Å². The number of rotatable bonds is 3. The van der Waals surface area contributed by atoms with Gasteiger partial charge in [0.2, 0.25) is 0 Å². The Morgan fingerprint density at radius 1 is 1.38 bits per heavy atom. The SMILES string of the molecule is Cc1cnc(CNC(=O)c2cscn2)cn1. The molecule has 2 aromatic heterocycles. The quantitative estimate of drug-likeness (QED) is 0.865. The van der Waals surface area contributed by atoms with Crippen molar-refractivity contribution in [1.29, 1.82) is 0 Å². The highest BCUT2D eigenvalue weighted by atomic mass is 32.1. The predicted molar refractivity (Wildman–Crippen MR) is 60.1 cm³/mol. The summed E-state index contributed by atoms with van der Waals surface area (Å²) in [5.74, 6) is -0.191. The number of hydrogen-bond donors (Lipinski definition) is 1. The first-order chi connectivity index (χ1) is 7.75. The molecule has 82 valence electrons. The first kappa shape index (κ1) is 10.7.